The molecule has 5 nitrogen and oxygen atoms in total. The van der Waals surface area contributed by atoms with Gasteiger partial charge < -0.3 is 20.5 Å². The van der Waals surface area contributed by atoms with Gasteiger partial charge in [0.2, 0.25) is 5.91 Å². The molecule has 0 aliphatic carbocycles. The van der Waals surface area contributed by atoms with E-state index in [0.29, 0.717) is 19.8 Å². The van der Waals surface area contributed by atoms with Crippen LogP contribution in [0.5, 0.6) is 0 Å². The van der Waals surface area contributed by atoms with Gasteiger partial charge in [-0.15, -0.1) is 0 Å². The number of hydrogen-bond donors (Lipinski definition) is 3. The predicted molar refractivity (Wildman–Crippen MR) is 56.5 cm³/mol. The normalized spacial score (nSPS) is 20.5. The lowest BCUT2D eigenvalue weighted by atomic mass is 10.1. The van der Waals surface area contributed by atoms with Crippen molar-refractivity contribution >= 4 is 5.91 Å². The molecule has 0 aromatic rings. The van der Waals surface area contributed by atoms with Gasteiger partial charge in [0.15, 0.2) is 0 Å². The highest BCUT2D eigenvalue weighted by Gasteiger charge is 2.21. The lowest BCUT2D eigenvalue weighted by molar-refractivity contribution is -0.124. The van der Waals surface area contributed by atoms with Crippen molar-refractivity contribution in [3.05, 3.63) is 0 Å². The van der Waals surface area contributed by atoms with Crippen molar-refractivity contribution in [3.8, 4) is 0 Å². The first-order valence-corrected chi connectivity index (χ1v) is 5.51. The van der Waals surface area contributed by atoms with E-state index in [4.69, 9.17) is 9.84 Å². The molecule has 1 amide bonds. The van der Waals surface area contributed by atoms with E-state index in [9.17, 15) is 4.79 Å². The topological polar surface area (TPSA) is 70.6 Å². The number of hydrogen-bond acceptors (Lipinski definition) is 4. The summed E-state index contributed by atoms with van der Waals surface area (Å²) in [4.78, 5) is 11.5. The van der Waals surface area contributed by atoms with Crippen LogP contribution in [0, 0.1) is 5.92 Å². The number of amides is 1. The molecule has 1 rings (SSSR count). The van der Waals surface area contributed by atoms with E-state index in [0.717, 1.165) is 25.9 Å². The molecule has 5 heteroatoms. The van der Waals surface area contributed by atoms with Crippen LogP contribution in [0.3, 0.4) is 0 Å². The summed E-state index contributed by atoms with van der Waals surface area (Å²) in [5, 5.41) is 14.5. The molecule has 1 fully saturated rings. The second kappa shape index (κ2) is 7.62. The number of aliphatic hydroxyl groups is 1. The highest BCUT2D eigenvalue weighted by Crippen LogP contribution is 2.06. The molecule has 1 aliphatic heterocycles. The monoisotopic (exact) mass is 216 g/mol. The summed E-state index contributed by atoms with van der Waals surface area (Å²) in [5.74, 6) is 0.283. The molecule has 1 atom stereocenters. The molecule has 0 spiro atoms. The molecule has 15 heavy (non-hydrogen) atoms. The van der Waals surface area contributed by atoms with Crippen LogP contribution >= 0.6 is 0 Å². The maximum absolute atomic E-state index is 11.5. The fraction of sp³-hybridized carbons (Fsp3) is 0.900. The zero-order chi connectivity index (χ0) is 10.9. The first-order chi connectivity index (χ1) is 7.34. The Kier molecular flexibility index (Phi) is 6.31. The van der Waals surface area contributed by atoms with E-state index < -0.39 is 0 Å². The van der Waals surface area contributed by atoms with Crippen LogP contribution < -0.4 is 10.6 Å². The largest absolute Gasteiger partial charge is 0.394 e. The van der Waals surface area contributed by atoms with E-state index in [-0.39, 0.29) is 18.4 Å². The zero-order valence-corrected chi connectivity index (χ0v) is 9.00. The van der Waals surface area contributed by atoms with E-state index in [1.54, 1.807) is 0 Å². The Morgan fingerprint density at radius 2 is 2.40 bits per heavy atom. The van der Waals surface area contributed by atoms with Crippen LogP contribution in [-0.4, -0.2) is 50.5 Å². The summed E-state index contributed by atoms with van der Waals surface area (Å²) in [6, 6.07) is 0. The average molecular weight is 216 g/mol. The molecule has 1 heterocycles. The lowest BCUT2D eigenvalue weighted by Crippen LogP contribution is -2.33. The third kappa shape index (κ3) is 5.11. The summed E-state index contributed by atoms with van der Waals surface area (Å²) in [5.41, 5.74) is 0. The van der Waals surface area contributed by atoms with Crippen molar-refractivity contribution in [1.82, 2.24) is 10.6 Å². The first kappa shape index (κ1) is 12.4. The van der Waals surface area contributed by atoms with Crippen molar-refractivity contribution < 1.29 is 14.6 Å². The minimum atomic E-state index is 0.0557. The summed E-state index contributed by atoms with van der Waals surface area (Å²) in [6.07, 6.45) is 1.73. The van der Waals surface area contributed by atoms with Gasteiger partial charge in [-0.3, -0.25) is 4.79 Å². The second-order valence-corrected chi connectivity index (χ2v) is 3.67. The molecule has 1 unspecified atom stereocenters. The maximum Gasteiger partial charge on any atom is 0.224 e. The summed E-state index contributed by atoms with van der Waals surface area (Å²) in [7, 11) is 0. The molecule has 0 radical (unpaired) electrons. The highest BCUT2D eigenvalue weighted by molar-refractivity contribution is 5.79. The number of carbonyl (C=O) groups excluding carboxylic acids is 1. The number of rotatable bonds is 7. The van der Waals surface area contributed by atoms with E-state index >= 15 is 0 Å². The maximum atomic E-state index is 11.5. The second-order valence-electron chi connectivity index (χ2n) is 3.67. The fourth-order valence-corrected chi connectivity index (χ4v) is 1.58. The highest BCUT2D eigenvalue weighted by atomic mass is 16.5. The van der Waals surface area contributed by atoms with Crippen molar-refractivity contribution in [3.63, 3.8) is 0 Å². The van der Waals surface area contributed by atoms with E-state index in [2.05, 4.69) is 10.6 Å². The number of nitrogens with one attached hydrogen (secondary N) is 2. The Bertz CT molecular complexity index is 182. The molecule has 0 aromatic carbocycles. The van der Waals surface area contributed by atoms with Gasteiger partial charge in [0.05, 0.1) is 19.1 Å². The fourth-order valence-electron chi connectivity index (χ4n) is 1.58. The van der Waals surface area contributed by atoms with Gasteiger partial charge in [0.1, 0.15) is 0 Å². The summed E-state index contributed by atoms with van der Waals surface area (Å²) >= 11 is 0. The summed E-state index contributed by atoms with van der Waals surface area (Å²) < 4.78 is 5.08. The first-order valence-electron chi connectivity index (χ1n) is 5.51. The number of carbonyl (C=O) groups is 1. The van der Waals surface area contributed by atoms with Crippen LogP contribution in [0.15, 0.2) is 0 Å². The van der Waals surface area contributed by atoms with Crippen LogP contribution in [0.1, 0.15) is 12.8 Å². The van der Waals surface area contributed by atoms with Crippen molar-refractivity contribution in [2.24, 2.45) is 5.92 Å². The van der Waals surface area contributed by atoms with Crippen LogP contribution in [-0.2, 0) is 9.53 Å². The molecule has 3 N–H and O–H groups in total. The molecule has 1 aliphatic rings. The van der Waals surface area contributed by atoms with Gasteiger partial charge >= 0.3 is 0 Å². The van der Waals surface area contributed by atoms with Gasteiger partial charge in [0.25, 0.3) is 0 Å². The van der Waals surface area contributed by atoms with Crippen molar-refractivity contribution in [1.29, 1.82) is 0 Å². The summed E-state index contributed by atoms with van der Waals surface area (Å²) in [6.45, 7) is 3.41. The Morgan fingerprint density at radius 1 is 1.53 bits per heavy atom. The number of aliphatic hydroxyl groups excluding tert-OH is 1. The molecule has 1 saturated heterocycles. The average Bonchev–Trinajstić information content (AvgIpc) is 2.76. The molecular formula is C10H20N2O3. The lowest BCUT2D eigenvalue weighted by Gasteiger charge is -2.09. The smallest absolute Gasteiger partial charge is 0.224 e. The minimum absolute atomic E-state index is 0.0557. The van der Waals surface area contributed by atoms with Crippen molar-refractivity contribution in [2.75, 3.05) is 39.5 Å². The SMILES string of the molecule is O=C(NCCCOCCO)C1CCNC1. The molecule has 0 aromatic heterocycles. The molecule has 88 valence electrons. The van der Waals surface area contributed by atoms with Crippen LogP contribution in [0.4, 0.5) is 0 Å². The van der Waals surface area contributed by atoms with Gasteiger partial charge in [0, 0.05) is 19.7 Å². The Balaban J connectivity index is 1.92. The Labute approximate surface area is 90.2 Å². The van der Waals surface area contributed by atoms with Gasteiger partial charge in [-0.05, 0) is 19.4 Å². The van der Waals surface area contributed by atoms with Crippen LogP contribution in [0.25, 0.3) is 0 Å². The van der Waals surface area contributed by atoms with E-state index in [1.807, 2.05) is 0 Å². The molecule has 0 saturated carbocycles. The quantitative estimate of drug-likeness (QED) is 0.483. The van der Waals surface area contributed by atoms with Crippen molar-refractivity contribution in [2.45, 2.75) is 12.8 Å². The number of ether oxygens (including phenoxy) is 1. The molecule has 0 bridgehead atoms. The minimum Gasteiger partial charge on any atom is -0.394 e. The predicted octanol–water partition coefficient (Wildman–Crippen LogP) is -0.889. The van der Waals surface area contributed by atoms with Gasteiger partial charge in [-0.25, -0.2) is 0 Å². The van der Waals surface area contributed by atoms with Gasteiger partial charge in [-0.1, -0.05) is 0 Å². The zero-order valence-electron chi connectivity index (χ0n) is 9.00. The third-order valence-corrected chi connectivity index (χ3v) is 2.43. The Morgan fingerprint density at radius 3 is 3.07 bits per heavy atom. The third-order valence-electron chi connectivity index (χ3n) is 2.43. The molecular weight excluding hydrogens is 196 g/mol. The van der Waals surface area contributed by atoms with Gasteiger partial charge in [-0.2, -0.15) is 0 Å². The Hall–Kier alpha value is -0.650. The van der Waals surface area contributed by atoms with Crippen LogP contribution in [0.2, 0.25) is 0 Å². The van der Waals surface area contributed by atoms with E-state index in [1.165, 1.54) is 0 Å². The standard InChI is InChI=1S/C10H20N2O3/c13-5-7-15-6-1-3-12-10(14)9-2-4-11-8-9/h9,11,13H,1-8H2,(H,12,14).